The number of methoxy groups -OCH3 is 1. The molecule has 0 saturated carbocycles. The van der Waals surface area contributed by atoms with Crippen molar-refractivity contribution in [2.24, 2.45) is 5.92 Å². The molecule has 1 aliphatic heterocycles. The van der Waals surface area contributed by atoms with Gasteiger partial charge in [-0.2, -0.15) is 0 Å². The zero-order valence-electron chi connectivity index (χ0n) is 12.7. The summed E-state index contributed by atoms with van der Waals surface area (Å²) in [4.78, 5) is 13.1. The van der Waals surface area contributed by atoms with Gasteiger partial charge in [-0.25, -0.2) is 0 Å². The third-order valence-electron chi connectivity index (χ3n) is 4.18. The summed E-state index contributed by atoms with van der Waals surface area (Å²) < 4.78 is 6.32. The zero-order valence-corrected chi connectivity index (χ0v) is 13.5. The summed E-state index contributed by atoms with van der Waals surface area (Å²) in [5, 5.41) is 16.9. The Kier molecular flexibility index (Phi) is 4.33. The standard InChI is InChI=1S/C16H20N2O3S/c1-9-12-5-11(21-2)3-4-14(12)22-15(9)16(20)18-7-10-6-17-8-13(10)19/h3-5,10,13,17,19H,6-8H2,1-2H3,(H,18,20). The van der Waals surface area contributed by atoms with Crippen LogP contribution in [0.2, 0.25) is 0 Å². The molecular formula is C16H20N2O3S. The van der Waals surface area contributed by atoms with Crippen LogP contribution in [0, 0.1) is 12.8 Å². The number of carbonyl (C=O) groups excluding carboxylic acids is 1. The van der Waals surface area contributed by atoms with E-state index >= 15 is 0 Å². The van der Waals surface area contributed by atoms with Crippen molar-refractivity contribution >= 4 is 27.3 Å². The highest BCUT2D eigenvalue weighted by molar-refractivity contribution is 7.21. The van der Waals surface area contributed by atoms with E-state index in [1.807, 2.05) is 25.1 Å². The Morgan fingerprint density at radius 2 is 2.32 bits per heavy atom. The minimum Gasteiger partial charge on any atom is -0.497 e. The number of thiophene rings is 1. The van der Waals surface area contributed by atoms with Crippen LogP contribution < -0.4 is 15.4 Å². The molecule has 2 atom stereocenters. The molecule has 0 aliphatic carbocycles. The Balaban J connectivity index is 1.77. The molecule has 2 aromatic rings. The highest BCUT2D eigenvalue weighted by Gasteiger charge is 2.25. The summed E-state index contributed by atoms with van der Waals surface area (Å²) in [5.41, 5.74) is 0.974. The Labute approximate surface area is 133 Å². The van der Waals surface area contributed by atoms with Crippen LogP contribution in [0.3, 0.4) is 0 Å². The third-order valence-corrected chi connectivity index (χ3v) is 5.45. The average Bonchev–Trinajstić information content (AvgIpc) is 3.08. The van der Waals surface area contributed by atoms with E-state index in [2.05, 4.69) is 10.6 Å². The quantitative estimate of drug-likeness (QED) is 0.799. The zero-order chi connectivity index (χ0) is 15.7. The Hall–Kier alpha value is -1.63. The van der Waals surface area contributed by atoms with Gasteiger partial charge in [0.2, 0.25) is 0 Å². The number of aliphatic hydroxyl groups is 1. The number of aliphatic hydroxyl groups excluding tert-OH is 1. The molecule has 1 aromatic heterocycles. The van der Waals surface area contributed by atoms with E-state index in [4.69, 9.17) is 4.74 Å². The molecule has 3 N–H and O–H groups in total. The van der Waals surface area contributed by atoms with Crippen LogP contribution in [0.15, 0.2) is 18.2 Å². The second-order valence-electron chi connectivity index (χ2n) is 5.61. The molecule has 5 nitrogen and oxygen atoms in total. The lowest BCUT2D eigenvalue weighted by molar-refractivity contribution is 0.0930. The molecule has 1 saturated heterocycles. The normalized spacial score (nSPS) is 21.2. The number of nitrogens with one attached hydrogen (secondary N) is 2. The number of benzene rings is 1. The van der Waals surface area contributed by atoms with Crippen molar-refractivity contribution in [1.29, 1.82) is 0 Å². The van der Waals surface area contributed by atoms with Crippen LogP contribution in [0.4, 0.5) is 0 Å². The maximum Gasteiger partial charge on any atom is 0.261 e. The molecule has 6 heteroatoms. The van der Waals surface area contributed by atoms with Gasteiger partial charge in [-0.05, 0) is 36.1 Å². The number of amides is 1. The lowest BCUT2D eigenvalue weighted by atomic mass is 10.1. The predicted octanol–water partition coefficient (Wildman–Crippen LogP) is 1.53. The summed E-state index contributed by atoms with van der Waals surface area (Å²) in [5.74, 6) is 0.802. The van der Waals surface area contributed by atoms with Gasteiger partial charge >= 0.3 is 0 Å². The fraction of sp³-hybridized carbons (Fsp3) is 0.438. The van der Waals surface area contributed by atoms with E-state index < -0.39 is 0 Å². The van der Waals surface area contributed by atoms with Crippen molar-refractivity contribution < 1.29 is 14.6 Å². The molecule has 1 aromatic carbocycles. The van der Waals surface area contributed by atoms with Gasteiger partial charge in [-0.15, -0.1) is 11.3 Å². The van der Waals surface area contributed by atoms with E-state index in [9.17, 15) is 9.90 Å². The van der Waals surface area contributed by atoms with E-state index in [-0.39, 0.29) is 17.9 Å². The number of aryl methyl sites for hydroxylation is 1. The van der Waals surface area contributed by atoms with E-state index in [1.54, 1.807) is 7.11 Å². The summed E-state index contributed by atoms with van der Waals surface area (Å²) in [6.45, 7) is 3.79. The maximum absolute atomic E-state index is 12.4. The molecule has 0 bridgehead atoms. The first-order valence-corrected chi connectivity index (χ1v) is 8.16. The molecule has 3 rings (SSSR count). The summed E-state index contributed by atoms with van der Waals surface area (Å²) in [6, 6.07) is 5.84. The lowest BCUT2D eigenvalue weighted by Crippen LogP contribution is -2.34. The van der Waals surface area contributed by atoms with E-state index in [0.717, 1.165) is 32.8 Å². The van der Waals surface area contributed by atoms with Crippen molar-refractivity contribution in [1.82, 2.24) is 10.6 Å². The van der Waals surface area contributed by atoms with Crippen molar-refractivity contribution in [2.45, 2.75) is 13.0 Å². The lowest BCUT2D eigenvalue weighted by Gasteiger charge is -2.13. The minimum atomic E-state index is -0.381. The smallest absolute Gasteiger partial charge is 0.261 e. The highest BCUT2D eigenvalue weighted by atomic mass is 32.1. The number of rotatable bonds is 4. The number of carbonyl (C=O) groups is 1. The van der Waals surface area contributed by atoms with Crippen LogP contribution in [-0.4, -0.2) is 43.9 Å². The number of β-amino-alcohol motifs (C(OH)–C–C–N with tert-alkyl or cyclic N) is 1. The van der Waals surface area contributed by atoms with Crippen LogP contribution in [0.25, 0.3) is 10.1 Å². The van der Waals surface area contributed by atoms with Crippen LogP contribution >= 0.6 is 11.3 Å². The summed E-state index contributed by atoms with van der Waals surface area (Å²) in [7, 11) is 1.64. The van der Waals surface area contributed by atoms with Gasteiger partial charge in [-0.1, -0.05) is 0 Å². The van der Waals surface area contributed by atoms with Gasteiger partial charge in [0, 0.05) is 30.3 Å². The molecule has 1 aliphatic rings. The molecule has 118 valence electrons. The molecule has 2 heterocycles. The SMILES string of the molecule is COc1ccc2sc(C(=O)NCC3CNCC3O)c(C)c2c1. The van der Waals surface area contributed by atoms with Gasteiger partial charge in [0.25, 0.3) is 5.91 Å². The largest absolute Gasteiger partial charge is 0.497 e. The molecule has 0 radical (unpaired) electrons. The molecule has 1 fully saturated rings. The van der Waals surface area contributed by atoms with Gasteiger partial charge in [0.15, 0.2) is 0 Å². The van der Waals surface area contributed by atoms with Crippen LogP contribution in [0.1, 0.15) is 15.2 Å². The van der Waals surface area contributed by atoms with E-state index in [1.165, 1.54) is 11.3 Å². The molecular weight excluding hydrogens is 300 g/mol. The number of fused-ring (bicyclic) bond motifs is 1. The van der Waals surface area contributed by atoms with Crippen molar-refractivity contribution in [2.75, 3.05) is 26.7 Å². The second kappa shape index (κ2) is 6.24. The fourth-order valence-electron chi connectivity index (χ4n) is 2.78. The Morgan fingerprint density at radius 1 is 1.50 bits per heavy atom. The maximum atomic E-state index is 12.4. The molecule has 0 spiro atoms. The highest BCUT2D eigenvalue weighted by Crippen LogP contribution is 2.33. The van der Waals surface area contributed by atoms with Gasteiger partial charge < -0.3 is 20.5 Å². The Bertz CT molecular complexity index is 698. The summed E-state index contributed by atoms with van der Waals surface area (Å²) in [6.07, 6.45) is -0.381. The minimum absolute atomic E-state index is 0.0724. The van der Waals surface area contributed by atoms with Crippen molar-refractivity contribution in [3.05, 3.63) is 28.6 Å². The first kappa shape index (κ1) is 15.3. The third kappa shape index (κ3) is 2.82. The monoisotopic (exact) mass is 320 g/mol. The fourth-order valence-corrected chi connectivity index (χ4v) is 3.88. The first-order chi connectivity index (χ1) is 10.6. The van der Waals surface area contributed by atoms with Gasteiger partial charge in [0.05, 0.1) is 18.1 Å². The average molecular weight is 320 g/mol. The Morgan fingerprint density at radius 3 is 3.00 bits per heavy atom. The second-order valence-corrected chi connectivity index (χ2v) is 6.67. The molecule has 22 heavy (non-hydrogen) atoms. The van der Waals surface area contributed by atoms with Crippen LogP contribution in [0.5, 0.6) is 5.75 Å². The number of hydrogen-bond acceptors (Lipinski definition) is 5. The molecule has 2 unspecified atom stereocenters. The van der Waals surface area contributed by atoms with Crippen molar-refractivity contribution in [3.8, 4) is 5.75 Å². The predicted molar refractivity (Wildman–Crippen MR) is 87.8 cm³/mol. The van der Waals surface area contributed by atoms with Gasteiger partial charge in [0.1, 0.15) is 5.75 Å². The first-order valence-electron chi connectivity index (χ1n) is 7.34. The topological polar surface area (TPSA) is 70.6 Å². The summed E-state index contributed by atoms with van der Waals surface area (Å²) >= 11 is 1.49. The number of ether oxygens (including phenoxy) is 1. The van der Waals surface area contributed by atoms with Crippen LogP contribution in [-0.2, 0) is 0 Å². The van der Waals surface area contributed by atoms with E-state index in [0.29, 0.717) is 13.1 Å². The molecule has 1 amide bonds. The van der Waals surface area contributed by atoms with Crippen molar-refractivity contribution in [3.63, 3.8) is 0 Å². The number of hydrogen-bond donors (Lipinski definition) is 3. The van der Waals surface area contributed by atoms with Gasteiger partial charge in [-0.3, -0.25) is 4.79 Å².